The molecule has 1 aliphatic rings. The minimum absolute atomic E-state index is 0.378. The lowest BCUT2D eigenvalue weighted by Crippen LogP contribution is -2.27. The summed E-state index contributed by atoms with van der Waals surface area (Å²) in [5, 5.41) is 3.32. The Balaban J connectivity index is 2.31. The lowest BCUT2D eigenvalue weighted by atomic mass is 9.88. The predicted octanol–water partition coefficient (Wildman–Crippen LogP) is 2.57. The summed E-state index contributed by atoms with van der Waals surface area (Å²) in [6.45, 7) is 5.80. The molecule has 1 fully saturated rings. The molecule has 0 aliphatic heterocycles. The van der Waals surface area contributed by atoms with Crippen LogP contribution in [0.1, 0.15) is 25.8 Å². The molecular weight excluding hydrogens is 170 g/mol. The van der Waals surface area contributed by atoms with Crippen molar-refractivity contribution in [3.8, 4) is 0 Å². The Bertz CT molecular complexity index is 315. The number of hydrogen-bond donors (Lipinski definition) is 1. The van der Waals surface area contributed by atoms with Crippen molar-refractivity contribution in [1.29, 1.82) is 0 Å². The minimum atomic E-state index is 0.378. The maximum absolute atomic E-state index is 3.32. The SMILES string of the molecule is CNCC1(c2ccccc2)CC1(C)C. The molecule has 1 aliphatic carbocycles. The summed E-state index contributed by atoms with van der Waals surface area (Å²) in [7, 11) is 2.04. The molecule has 0 spiro atoms. The highest BCUT2D eigenvalue weighted by atomic mass is 14.9. The quantitative estimate of drug-likeness (QED) is 0.770. The van der Waals surface area contributed by atoms with Crippen molar-refractivity contribution >= 4 is 0 Å². The molecule has 0 aromatic heterocycles. The van der Waals surface area contributed by atoms with Gasteiger partial charge in [-0.05, 0) is 24.4 Å². The van der Waals surface area contributed by atoms with Gasteiger partial charge in [0.2, 0.25) is 0 Å². The van der Waals surface area contributed by atoms with Crippen LogP contribution in [0.15, 0.2) is 30.3 Å². The second-order valence-electron chi connectivity index (χ2n) is 5.04. The summed E-state index contributed by atoms with van der Waals surface area (Å²) in [5.41, 5.74) is 2.32. The van der Waals surface area contributed by atoms with Crippen molar-refractivity contribution in [1.82, 2.24) is 5.32 Å². The van der Waals surface area contributed by atoms with Gasteiger partial charge in [0.1, 0.15) is 0 Å². The van der Waals surface area contributed by atoms with E-state index >= 15 is 0 Å². The van der Waals surface area contributed by atoms with Gasteiger partial charge < -0.3 is 5.32 Å². The van der Waals surface area contributed by atoms with Gasteiger partial charge in [0.05, 0.1) is 0 Å². The molecule has 14 heavy (non-hydrogen) atoms. The van der Waals surface area contributed by atoms with E-state index in [0.717, 1.165) is 6.54 Å². The van der Waals surface area contributed by atoms with Crippen molar-refractivity contribution < 1.29 is 0 Å². The summed E-state index contributed by atoms with van der Waals surface area (Å²) in [6, 6.07) is 10.9. The van der Waals surface area contributed by atoms with Gasteiger partial charge in [-0.25, -0.2) is 0 Å². The third-order valence-electron chi connectivity index (χ3n) is 3.72. The van der Waals surface area contributed by atoms with Gasteiger partial charge in [-0.3, -0.25) is 0 Å². The number of likely N-dealkylation sites (N-methyl/N-ethyl adjacent to an activating group) is 1. The van der Waals surface area contributed by atoms with E-state index in [9.17, 15) is 0 Å². The molecule has 1 saturated carbocycles. The first-order chi connectivity index (χ1) is 6.62. The summed E-state index contributed by atoms with van der Waals surface area (Å²) < 4.78 is 0. The van der Waals surface area contributed by atoms with Crippen LogP contribution in [0.5, 0.6) is 0 Å². The molecular formula is C13H19N. The average Bonchev–Trinajstić information content (AvgIpc) is 2.72. The van der Waals surface area contributed by atoms with Crippen LogP contribution >= 0.6 is 0 Å². The summed E-state index contributed by atoms with van der Waals surface area (Å²) in [6.07, 6.45) is 1.30. The Morgan fingerprint density at radius 3 is 2.21 bits per heavy atom. The first-order valence-electron chi connectivity index (χ1n) is 5.32. The Morgan fingerprint density at radius 1 is 1.21 bits per heavy atom. The second kappa shape index (κ2) is 3.09. The van der Waals surface area contributed by atoms with E-state index in [1.807, 2.05) is 7.05 Å². The van der Waals surface area contributed by atoms with E-state index in [4.69, 9.17) is 0 Å². The largest absolute Gasteiger partial charge is 0.319 e. The standard InChI is InChI=1S/C13H19N/c1-12(2)9-13(12,10-14-3)11-7-5-4-6-8-11/h4-8,14H,9-10H2,1-3H3. The Hall–Kier alpha value is -0.820. The van der Waals surface area contributed by atoms with Gasteiger partial charge in [0, 0.05) is 12.0 Å². The van der Waals surface area contributed by atoms with Crippen molar-refractivity contribution in [2.75, 3.05) is 13.6 Å². The van der Waals surface area contributed by atoms with Gasteiger partial charge >= 0.3 is 0 Å². The molecule has 0 amide bonds. The average molecular weight is 189 g/mol. The first-order valence-corrected chi connectivity index (χ1v) is 5.32. The van der Waals surface area contributed by atoms with Crippen LogP contribution in [-0.4, -0.2) is 13.6 Å². The van der Waals surface area contributed by atoms with E-state index in [2.05, 4.69) is 49.5 Å². The van der Waals surface area contributed by atoms with Crippen LogP contribution in [0.4, 0.5) is 0 Å². The van der Waals surface area contributed by atoms with Crippen LogP contribution in [0.2, 0.25) is 0 Å². The summed E-state index contributed by atoms with van der Waals surface area (Å²) in [4.78, 5) is 0. The second-order valence-corrected chi connectivity index (χ2v) is 5.04. The molecule has 1 atom stereocenters. The molecule has 1 aromatic carbocycles. The number of benzene rings is 1. The molecule has 1 unspecified atom stereocenters. The number of hydrogen-bond acceptors (Lipinski definition) is 1. The Kier molecular flexibility index (Phi) is 2.15. The minimum Gasteiger partial charge on any atom is -0.319 e. The predicted molar refractivity (Wildman–Crippen MR) is 60.4 cm³/mol. The summed E-state index contributed by atoms with van der Waals surface area (Å²) in [5.74, 6) is 0. The molecule has 0 saturated heterocycles. The number of rotatable bonds is 3. The van der Waals surface area contributed by atoms with Crippen LogP contribution in [0, 0.1) is 5.41 Å². The van der Waals surface area contributed by atoms with Crippen LogP contribution < -0.4 is 5.32 Å². The molecule has 0 heterocycles. The third-order valence-corrected chi connectivity index (χ3v) is 3.72. The van der Waals surface area contributed by atoms with Crippen molar-refractivity contribution in [3.63, 3.8) is 0 Å². The fourth-order valence-corrected chi connectivity index (χ4v) is 2.67. The van der Waals surface area contributed by atoms with Crippen LogP contribution in [0.3, 0.4) is 0 Å². The maximum atomic E-state index is 3.32. The molecule has 1 N–H and O–H groups in total. The Labute approximate surface area is 86.5 Å². The molecule has 1 heteroatoms. The van der Waals surface area contributed by atoms with E-state index in [0.29, 0.717) is 10.8 Å². The molecule has 0 bridgehead atoms. The van der Waals surface area contributed by atoms with E-state index in [1.165, 1.54) is 12.0 Å². The van der Waals surface area contributed by atoms with Gasteiger partial charge in [-0.2, -0.15) is 0 Å². The smallest absolute Gasteiger partial charge is 0.0134 e. The third kappa shape index (κ3) is 1.27. The lowest BCUT2D eigenvalue weighted by molar-refractivity contribution is 0.476. The van der Waals surface area contributed by atoms with Crippen molar-refractivity contribution in [2.24, 2.45) is 5.41 Å². The van der Waals surface area contributed by atoms with E-state index in [-0.39, 0.29) is 0 Å². The molecule has 76 valence electrons. The highest BCUT2D eigenvalue weighted by Gasteiger charge is 2.61. The van der Waals surface area contributed by atoms with Crippen LogP contribution in [0.25, 0.3) is 0 Å². The summed E-state index contributed by atoms with van der Waals surface area (Å²) >= 11 is 0. The molecule has 2 rings (SSSR count). The van der Waals surface area contributed by atoms with Gasteiger partial charge in [-0.15, -0.1) is 0 Å². The first kappa shape index (κ1) is 9.72. The van der Waals surface area contributed by atoms with Gasteiger partial charge in [-0.1, -0.05) is 44.2 Å². The fraction of sp³-hybridized carbons (Fsp3) is 0.538. The fourth-order valence-electron chi connectivity index (χ4n) is 2.67. The monoisotopic (exact) mass is 189 g/mol. The highest BCUT2D eigenvalue weighted by molar-refractivity contribution is 5.37. The van der Waals surface area contributed by atoms with Gasteiger partial charge in [0.15, 0.2) is 0 Å². The highest BCUT2D eigenvalue weighted by Crippen LogP contribution is 2.63. The van der Waals surface area contributed by atoms with Gasteiger partial charge in [0.25, 0.3) is 0 Å². The normalized spacial score (nSPS) is 28.8. The topological polar surface area (TPSA) is 12.0 Å². The van der Waals surface area contributed by atoms with Crippen molar-refractivity contribution in [3.05, 3.63) is 35.9 Å². The molecule has 1 aromatic rings. The van der Waals surface area contributed by atoms with E-state index in [1.54, 1.807) is 0 Å². The molecule has 0 radical (unpaired) electrons. The lowest BCUT2D eigenvalue weighted by Gasteiger charge is -2.20. The van der Waals surface area contributed by atoms with Crippen LogP contribution in [-0.2, 0) is 5.41 Å². The zero-order valence-electron chi connectivity index (χ0n) is 9.30. The van der Waals surface area contributed by atoms with E-state index < -0.39 is 0 Å². The maximum Gasteiger partial charge on any atom is 0.0134 e. The number of nitrogens with one attached hydrogen (secondary N) is 1. The zero-order chi connectivity index (χ0) is 10.2. The molecule has 1 nitrogen and oxygen atoms in total. The van der Waals surface area contributed by atoms with Crippen molar-refractivity contribution in [2.45, 2.75) is 25.7 Å². The zero-order valence-corrected chi connectivity index (χ0v) is 9.30. The Morgan fingerprint density at radius 2 is 1.79 bits per heavy atom.